The fourth-order valence-electron chi connectivity index (χ4n) is 2.88. The van der Waals surface area contributed by atoms with Crippen LogP contribution in [0.1, 0.15) is 41.1 Å². The Morgan fingerprint density at radius 3 is 2.50 bits per heavy atom. The van der Waals surface area contributed by atoms with Gasteiger partial charge in [-0.25, -0.2) is 4.39 Å². The second-order valence-corrected chi connectivity index (χ2v) is 6.29. The van der Waals surface area contributed by atoms with Gasteiger partial charge >= 0.3 is 0 Å². The quantitative estimate of drug-likeness (QED) is 0.859. The lowest BCUT2D eigenvalue weighted by molar-refractivity contribution is 0.598. The number of hydrogen-bond donors (Lipinski definition) is 1. The molecule has 0 amide bonds. The van der Waals surface area contributed by atoms with Gasteiger partial charge in [-0.2, -0.15) is 0 Å². The molecule has 0 spiro atoms. The van der Waals surface area contributed by atoms with E-state index in [1.54, 1.807) is 6.07 Å². The van der Waals surface area contributed by atoms with Crippen LogP contribution in [-0.2, 0) is 12.8 Å². The van der Waals surface area contributed by atoms with Gasteiger partial charge in [0.05, 0.1) is 6.04 Å². The van der Waals surface area contributed by atoms with Gasteiger partial charge in [-0.1, -0.05) is 40.2 Å². The summed E-state index contributed by atoms with van der Waals surface area (Å²) in [6, 6.07) is 11.0. The Morgan fingerprint density at radius 1 is 1.00 bits per heavy atom. The molecule has 0 heterocycles. The van der Waals surface area contributed by atoms with Gasteiger partial charge in [-0.3, -0.25) is 0 Å². The van der Waals surface area contributed by atoms with Crippen LogP contribution in [0.25, 0.3) is 0 Å². The molecule has 2 aromatic rings. The molecule has 3 heteroatoms. The summed E-state index contributed by atoms with van der Waals surface area (Å²) in [5, 5.41) is 0. The second kappa shape index (κ2) is 5.66. The molecule has 2 N–H and O–H groups in total. The van der Waals surface area contributed by atoms with Crippen LogP contribution >= 0.6 is 15.9 Å². The van der Waals surface area contributed by atoms with Crippen molar-refractivity contribution in [2.24, 2.45) is 5.73 Å². The maximum absolute atomic E-state index is 14.0. The third-order valence-electron chi connectivity index (χ3n) is 4.03. The molecule has 0 bridgehead atoms. The van der Waals surface area contributed by atoms with Crippen molar-refractivity contribution in [1.82, 2.24) is 0 Å². The van der Waals surface area contributed by atoms with Gasteiger partial charge in [0.25, 0.3) is 0 Å². The van der Waals surface area contributed by atoms with E-state index in [0.717, 1.165) is 22.9 Å². The molecular formula is C17H17BrFN. The number of fused-ring (bicyclic) bond motifs is 1. The minimum absolute atomic E-state index is 0.260. The molecule has 0 radical (unpaired) electrons. The smallest absolute Gasteiger partial charge is 0.129 e. The Kier molecular flexibility index (Phi) is 3.90. The number of aryl methyl sites for hydroxylation is 2. The highest BCUT2D eigenvalue weighted by Gasteiger charge is 2.16. The molecule has 0 fully saturated rings. The van der Waals surface area contributed by atoms with Crippen molar-refractivity contribution in [3.8, 4) is 0 Å². The summed E-state index contributed by atoms with van der Waals surface area (Å²) in [7, 11) is 0. The summed E-state index contributed by atoms with van der Waals surface area (Å²) in [5.74, 6) is -0.260. The van der Waals surface area contributed by atoms with Crippen LogP contribution in [0.2, 0.25) is 0 Å². The third-order valence-corrected chi connectivity index (χ3v) is 4.52. The van der Waals surface area contributed by atoms with Crippen molar-refractivity contribution < 1.29 is 4.39 Å². The predicted molar refractivity (Wildman–Crippen MR) is 83.2 cm³/mol. The van der Waals surface area contributed by atoms with Crippen molar-refractivity contribution in [2.75, 3.05) is 0 Å². The summed E-state index contributed by atoms with van der Waals surface area (Å²) < 4.78 is 14.7. The van der Waals surface area contributed by atoms with Gasteiger partial charge in [0.1, 0.15) is 5.82 Å². The van der Waals surface area contributed by atoms with E-state index < -0.39 is 6.04 Å². The lowest BCUT2D eigenvalue weighted by atomic mass is 9.88. The van der Waals surface area contributed by atoms with Crippen molar-refractivity contribution in [2.45, 2.75) is 31.7 Å². The Morgan fingerprint density at radius 2 is 1.75 bits per heavy atom. The predicted octanol–water partition coefficient (Wildman–Crippen LogP) is 4.52. The van der Waals surface area contributed by atoms with Gasteiger partial charge in [0.2, 0.25) is 0 Å². The minimum atomic E-state index is -0.407. The van der Waals surface area contributed by atoms with E-state index in [1.807, 2.05) is 12.1 Å². The summed E-state index contributed by atoms with van der Waals surface area (Å²) in [6.07, 6.45) is 4.76. The third kappa shape index (κ3) is 2.65. The summed E-state index contributed by atoms with van der Waals surface area (Å²) in [6.45, 7) is 0. The maximum atomic E-state index is 14.0. The molecule has 0 saturated carbocycles. The molecule has 0 aliphatic heterocycles. The first-order chi connectivity index (χ1) is 9.65. The number of nitrogens with two attached hydrogens (primary N) is 1. The monoisotopic (exact) mass is 333 g/mol. The van der Waals surface area contributed by atoms with Crippen LogP contribution in [0, 0.1) is 5.82 Å². The molecule has 1 nitrogen and oxygen atoms in total. The highest BCUT2D eigenvalue weighted by Crippen LogP contribution is 2.28. The standard InChI is InChI=1S/C17H17BrFN/c18-14-7-8-15(16(19)10-14)17(20)13-6-5-11-3-1-2-4-12(11)9-13/h5-10,17H,1-4,20H2. The molecule has 1 aliphatic carbocycles. The van der Waals surface area contributed by atoms with Crippen molar-refractivity contribution in [3.63, 3.8) is 0 Å². The second-order valence-electron chi connectivity index (χ2n) is 5.38. The van der Waals surface area contributed by atoms with Crippen LogP contribution < -0.4 is 5.73 Å². The van der Waals surface area contributed by atoms with Crippen molar-refractivity contribution in [1.29, 1.82) is 0 Å². The lowest BCUT2D eigenvalue weighted by Crippen LogP contribution is -2.15. The molecule has 20 heavy (non-hydrogen) atoms. The van der Waals surface area contributed by atoms with Gasteiger partial charge in [0, 0.05) is 10.0 Å². The van der Waals surface area contributed by atoms with Crippen LogP contribution in [0.15, 0.2) is 40.9 Å². The zero-order valence-electron chi connectivity index (χ0n) is 11.2. The number of rotatable bonds is 2. The summed E-state index contributed by atoms with van der Waals surface area (Å²) in [4.78, 5) is 0. The van der Waals surface area contributed by atoms with Crippen LogP contribution in [0.5, 0.6) is 0 Å². The van der Waals surface area contributed by atoms with Crippen molar-refractivity contribution in [3.05, 3.63) is 68.9 Å². The van der Waals surface area contributed by atoms with E-state index in [-0.39, 0.29) is 5.82 Å². The van der Waals surface area contributed by atoms with E-state index in [2.05, 4.69) is 28.1 Å². The van der Waals surface area contributed by atoms with Gasteiger partial charge in [-0.15, -0.1) is 0 Å². The first-order valence-electron chi connectivity index (χ1n) is 6.97. The van der Waals surface area contributed by atoms with E-state index in [9.17, 15) is 4.39 Å². The molecule has 1 atom stereocenters. The molecular weight excluding hydrogens is 317 g/mol. The topological polar surface area (TPSA) is 26.0 Å². The van der Waals surface area contributed by atoms with E-state index in [0.29, 0.717) is 5.56 Å². The molecule has 1 aliphatic rings. The normalized spacial score (nSPS) is 15.8. The highest BCUT2D eigenvalue weighted by atomic mass is 79.9. The van der Waals surface area contributed by atoms with Crippen LogP contribution in [0.3, 0.4) is 0 Å². The SMILES string of the molecule is NC(c1ccc2c(c1)CCCC2)c1ccc(Br)cc1F. The summed E-state index contributed by atoms with van der Waals surface area (Å²) in [5.41, 5.74) is 10.6. The Bertz CT molecular complexity index is 639. The van der Waals surface area contributed by atoms with Crippen LogP contribution in [0.4, 0.5) is 4.39 Å². The van der Waals surface area contributed by atoms with Gasteiger partial charge < -0.3 is 5.73 Å². The minimum Gasteiger partial charge on any atom is -0.320 e. The molecule has 104 valence electrons. The first kappa shape index (κ1) is 13.8. The average Bonchev–Trinajstić information content (AvgIpc) is 2.46. The van der Waals surface area contributed by atoms with E-state index >= 15 is 0 Å². The zero-order valence-corrected chi connectivity index (χ0v) is 12.8. The van der Waals surface area contributed by atoms with Crippen LogP contribution in [-0.4, -0.2) is 0 Å². The number of hydrogen-bond acceptors (Lipinski definition) is 1. The number of benzene rings is 2. The molecule has 0 saturated heterocycles. The van der Waals surface area contributed by atoms with E-state index in [1.165, 1.54) is 30.0 Å². The van der Waals surface area contributed by atoms with Gasteiger partial charge in [-0.05, 0) is 54.5 Å². The summed E-state index contributed by atoms with van der Waals surface area (Å²) >= 11 is 3.27. The first-order valence-corrected chi connectivity index (χ1v) is 7.76. The van der Waals surface area contributed by atoms with Gasteiger partial charge in [0.15, 0.2) is 0 Å². The fraction of sp³-hybridized carbons (Fsp3) is 0.294. The van der Waals surface area contributed by atoms with E-state index in [4.69, 9.17) is 5.73 Å². The highest BCUT2D eigenvalue weighted by molar-refractivity contribution is 9.10. The Hall–Kier alpha value is -1.19. The Labute approximate surface area is 127 Å². The maximum Gasteiger partial charge on any atom is 0.129 e. The largest absolute Gasteiger partial charge is 0.320 e. The molecule has 1 unspecified atom stereocenters. The molecule has 3 rings (SSSR count). The molecule has 0 aromatic heterocycles. The number of halogens is 2. The fourth-order valence-corrected chi connectivity index (χ4v) is 3.21. The zero-order chi connectivity index (χ0) is 14.1. The average molecular weight is 334 g/mol. The van der Waals surface area contributed by atoms with Crippen molar-refractivity contribution >= 4 is 15.9 Å². The molecule has 2 aromatic carbocycles. The Balaban J connectivity index is 1.95. The lowest BCUT2D eigenvalue weighted by Gasteiger charge is -2.19.